The number of ether oxygens (including phenoxy) is 1. The number of unbranched alkanes of at least 4 members (excludes halogenated alkanes) is 1. The Labute approximate surface area is 152 Å². The molecule has 0 aromatic rings. The molecule has 0 aromatic carbocycles. The van der Waals surface area contributed by atoms with Gasteiger partial charge < -0.3 is 15.4 Å². The fourth-order valence-corrected chi connectivity index (χ4v) is 2.68. The van der Waals surface area contributed by atoms with Gasteiger partial charge in [0.25, 0.3) is 0 Å². The average molecular weight is 351 g/mol. The molecule has 0 heterocycles. The minimum absolute atomic E-state index is 0.215. The molecule has 5 heteroatoms. The van der Waals surface area contributed by atoms with E-state index >= 15 is 0 Å². The summed E-state index contributed by atoms with van der Waals surface area (Å²) < 4.78 is 5.43. The number of carbonyl (C=O) groups is 2. The van der Waals surface area contributed by atoms with Gasteiger partial charge in [-0.2, -0.15) is 0 Å². The van der Waals surface area contributed by atoms with Gasteiger partial charge in [-0.25, -0.2) is 9.59 Å². The summed E-state index contributed by atoms with van der Waals surface area (Å²) in [5, 5.41) is 5.72. The Morgan fingerprint density at radius 1 is 1.16 bits per heavy atom. The highest BCUT2D eigenvalue weighted by molar-refractivity contribution is 5.84. The van der Waals surface area contributed by atoms with Crippen LogP contribution in [0.15, 0.2) is 24.3 Å². The van der Waals surface area contributed by atoms with E-state index in [1.54, 1.807) is 0 Å². The molecule has 1 fully saturated rings. The van der Waals surface area contributed by atoms with Gasteiger partial charge in [-0.05, 0) is 46.5 Å². The van der Waals surface area contributed by atoms with Crippen LogP contribution in [0, 0.1) is 0 Å². The van der Waals surface area contributed by atoms with Crippen molar-refractivity contribution in [3.05, 3.63) is 24.3 Å². The topological polar surface area (TPSA) is 67.4 Å². The smallest absolute Gasteiger partial charge is 0.329 e. The molecule has 2 N–H and O–H groups in total. The van der Waals surface area contributed by atoms with Gasteiger partial charge >= 0.3 is 12.0 Å². The van der Waals surface area contributed by atoms with Crippen molar-refractivity contribution in [2.24, 2.45) is 0 Å². The molecule has 142 valence electrons. The molecule has 1 rings (SSSR count). The van der Waals surface area contributed by atoms with Crippen molar-refractivity contribution in [2.75, 3.05) is 0 Å². The SMILES string of the molecule is CCC/C=C\C=C/C[C@@H](NC(=O)NC1CCCC1)C(=O)OC(C)(C)C. The summed E-state index contributed by atoms with van der Waals surface area (Å²) in [4.78, 5) is 24.6. The molecule has 0 spiro atoms. The molecule has 1 aliphatic carbocycles. The lowest BCUT2D eigenvalue weighted by atomic mass is 10.1. The number of amides is 2. The molecule has 1 aliphatic rings. The molecule has 0 radical (unpaired) electrons. The highest BCUT2D eigenvalue weighted by Gasteiger charge is 2.26. The minimum Gasteiger partial charge on any atom is -0.458 e. The first-order valence-corrected chi connectivity index (χ1v) is 9.43. The van der Waals surface area contributed by atoms with Crippen LogP contribution in [0.2, 0.25) is 0 Å². The van der Waals surface area contributed by atoms with E-state index in [-0.39, 0.29) is 12.1 Å². The van der Waals surface area contributed by atoms with Crippen LogP contribution in [0.1, 0.15) is 72.6 Å². The third-order valence-electron chi connectivity index (χ3n) is 3.90. The maximum atomic E-state index is 12.4. The zero-order chi connectivity index (χ0) is 18.7. The van der Waals surface area contributed by atoms with Crippen LogP contribution in [0.4, 0.5) is 4.79 Å². The molecule has 1 saturated carbocycles. The molecule has 0 aromatic heterocycles. The first kappa shape index (κ1) is 21.3. The lowest BCUT2D eigenvalue weighted by molar-refractivity contribution is -0.157. The van der Waals surface area contributed by atoms with E-state index in [2.05, 4.69) is 23.6 Å². The van der Waals surface area contributed by atoms with Gasteiger partial charge in [0.2, 0.25) is 0 Å². The average Bonchev–Trinajstić information content (AvgIpc) is 3.00. The lowest BCUT2D eigenvalue weighted by Gasteiger charge is -2.24. The minimum atomic E-state index is -0.684. The van der Waals surface area contributed by atoms with Crippen molar-refractivity contribution in [2.45, 2.75) is 90.3 Å². The molecule has 2 amide bonds. The first-order valence-electron chi connectivity index (χ1n) is 9.43. The van der Waals surface area contributed by atoms with Crippen LogP contribution in [-0.2, 0) is 9.53 Å². The fraction of sp³-hybridized carbons (Fsp3) is 0.700. The van der Waals surface area contributed by atoms with Crippen LogP contribution in [0.5, 0.6) is 0 Å². The van der Waals surface area contributed by atoms with E-state index in [1.165, 1.54) is 0 Å². The van der Waals surface area contributed by atoms with Crippen LogP contribution in [0.25, 0.3) is 0 Å². The van der Waals surface area contributed by atoms with Crippen molar-refractivity contribution in [1.29, 1.82) is 0 Å². The number of urea groups is 1. The van der Waals surface area contributed by atoms with E-state index in [0.29, 0.717) is 6.42 Å². The van der Waals surface area contributed by atoms with Gasteiger partial charge in [-0.3, -0.25) is 0 Å². The number of esters is 1. The second-order valence-corrected chi connectivity index (χ2v) is 7.57. The quantitative estimate of drug-likeness (QED) is 0.508. The standard InChI is InChI=1S/C20H34N2O3/c1-5-6-7-8-9-10-15-17(18(23)25-20(2,3)4)22-19(24)21-16-13-11-12-14-16/h7-10,16-17H,5-6,11-15H2,1-4H3,(H2,21,22,24)/b8-7-,10-9-/t17-/m1/s1. The highest BCUT2D eigenvalue weighted by Crippen LogP contribution is 2.17. The van der Waals surface area contributed by atoms with Gasteiger partial charge in [-0.1, -0.05) is 50.5 Å². The van der Waals surface area contributed by atoms with Gasteiger partial charge in [-0.15, -0.1) is 0 Å². The molecule has 1 atom stereocenters. The van der Waals surface area contributed by atoms with E-state index in [1.807, 2.05) is 39.0 Å². The predicted molar refractivity (Wildman–Crippen MR) is 101 cm³/mol. The van der Waals surface area contributed by atoms with E-state index in [0.717, 1.165) is 38.5 Å². The van der Waals surface area contributed by atoms with Crippen molar-refractivity contribution in [3.63, 3.8) is 0 Å². The molecule has 0 aliphatic heterocycles. The Morgan fingerprint density at radius 3 is 2.40 bits per heavy atom. The number of hydrogen-bond donors (Lipinski definition) is 2. The monoisotopic (exact) mass is 350 g/mol. The molecule has 25 heavy (non-hydrogen) atoms. The second kappa shape index (κ2) is 11.0. The zero-order valence-electron chi connectivity index (χ0n) is 16.1. The molecule has 0 bridgehead atoms. The van der Waals surface area contributed by atoms with Crippen molar-refractivity contribution >= 4 is 12.0 Å². The van der Waals surface area contributed by atoms with E-state index < -0.39 is 17.6 Å². The Hall–Kier alpha value is -1.78. The van der Waals surface area contributed by atoms with E-state index in [9.17, 15) is 9.59 Å². The third-order valence-corrected chi connectivity index (χ3v) is 3.90. The summed E-state index contributed by atoms with van der Waals surface area (Å²) in [6.07, 6.45) is 14.7. The summed E-state index contributed by atoms with van der Waals surface area (Å²) in [7, 11) is 0. The normalized spacial score (nSPS) is 17.1. The second-order valence-electron chi connectivity index (χ2n) is 7.57. The Balaban J connectivity index is 2.59. The van der Waals surface area contributed by atoms with Gasteiger partial charge in [0.05, 0.1) is 0 Å². The third kappa shape index (κ3) is 9.95. The largest absolute Gasteiger partial charge is 0.458 e. The van der Waals surface area contributed by atoms with Crippen LogP contribution in [-0.4, -0.2) is 29.7 Å². The Bertz CT molecular complexity index is 472. The summed E-state index contributed by atoms with van der Waals surface area (Å²) in [5.41, 5.74) is -0.580. The fourth-order valence-electron chi connectivity index (χ4n) is 2.68. The predicted octanol–water partition coefficient (Wildman–Crippen LogP) is 4.24. The molecular formula is C20H34N2O3. The molecule has 0 unspecified atom stereocenters. The number of hydrogen-bond acceptors (Lipinski definition) is 3. The summed E-state index contributed by atoms with van der Waals surface area (Å²) in [5.74, 6) is -0.406. The summed E-state index contributed by atoms with van der Waals surface area (Å²) in [6.45, 7) is 7.59. The van der Waals surface area contributed by atoms with Crippen molar-refractivity contribution in [3.8, 4) is 0 Å². The first-order chi connectivity index (χ1) is 11.8. The van der Waals surface area contributed by atoms with Crippen LogP contribution < -0.4 is 10.6 Å². The maximum absolute atomic E-state index is 12.4. The Morgan fingerprint density at radius 2 is 1.80 bits per heavy atom. The summed E-state index contributed by atoms with van der Waals surface area (Å²) >= 11 is 0. The lowest BCUT2D eigenvalue weighted by Crippen LogP contribution is -2.49. The highest BCUT2D eigenvalue weighted by atomic mass is 16.6. The Kier molecular flexibility index (Phi) is 9.32. The van der Waals surface area contributed by atoms with Gasteiger partial charge in [0, 0.05) is 6.04 Å². The van der Waals surface area contributed by atoms with Crippen molar-refractivity contribution < 1.29 is 14.3 Å². The molecular weight excluding hydrogens is 316 g/mol. The van der Waals surface area contributed by atoms with E-state index in [4.69, 9.17) is 4.74 Å². The number of nitrogens with one attached hydrogen (secondary N) is 2. The molecule has 0 saturated heterocycles. The number of rotatable bonds is 8. The van der Waals surface area contributed by atoms with Crippen LogP contribution in [0.3, 0.4) is 0 Å². The summed E-state index contributed by atoms with van der Waals surface area (Å²) in [6, 6.07) is -0.763. The maximum Gasteiger partial charge on any atom is 0.329 e. The molecule has 5 nitrogen and oxygen atoms in total. The van der Waals surface area contributed by atoms with Crippen LogP contribution >= 0.6 is 0 Å². The number of allylic oxidation sites excluding steroid dienone is 3. The van der Waals surface area contributed by atoms with Crippen molar-refractivity contribution in [1.82, 2.24) is 10.6 Å². The van der Waals surface area contributed by atoms with Gasteiger partial charge in [0.1, 0.15) is 11.6 Å². The zero-order valence-corrected chi connectivity index (χ0v) is 16.1. The van der Waals surface area contributed by atoms with Gasteiger partial charge in [0.15, 0.2) is 0 Å². The number of carbonyl (C=O) groups excluding carboxylic acids is 2.